The van der Waals surface area contributed by atoms with E-state index in [1.807, 2.05) is 31.2 Å². The summed E-state index contributed by atoms with van der Waals surface area (Å²) in [4.78, 5) is 4.71. The van der Waals surface area contributed by atoms with Crippen LogP contribution in [0.2, 0.25) is 5.02 Å². The van der Waals surface area contributed by atoms with E-state index >= 15 is 0 Å². The second kappa shape index (κ2) is 7.47. The number of rotatable bonds is 6. The number of thiazole rings is 1. The lowest BCUT2D eigenvalue weighted by atomic mass is 10.2. The molecule has 3 rings (SSSR count). The van der Waals surface area contributed by atoms with Crippen LogP contribution in [0.15, 0.2) is 34.8 Å². The van der Waals surface area contributed by atoms with E-state index in [2.05, 4.69) is 27.1 Å². The maximum atomic E-state index is 5.92. The van der Waals surface area contributed by atoms with Crippen molar-refractivity contribution < 1.29 is 0 Å². The molecule has 23 heavy (non-hydrogen) atoms. The molecule has 0 amide bonds. The Morgan fingerprint density at radius 3 is 2.74 bits per heavy atom. The Bertz CT molecular complexity index is 780. The molecule has 120 valence electrons. The summed E-state index contributed by atoms with van der Waals surface area (Å²) in [6, 6.07) is 7.93. The second-order valence-corrected chi connectivity index (χ2v) is 7.42. The normalized spacial score (nSPS) is 11.1. The zero-order valence-electron chi connectivity index (χ0n) is 13.0. The van der Waals surface area contributed by atoms with Crippen LogP contribution in [-0.2, 0) is 18.7 Å². The monoisotopic (exact) mass is 364 g/mol. The molecule has 4 nitrogen and oxygen atoms in total. The van der Waals surface area contributed by atoms with Crippen LogP contribution in [0, 0.1) is 6.92 Å². The van der Waals surface area contributed by atoms with Crippen molar-refractivity contribution in [2.24, 2.45) is 0 Å². The van der Waals surface area contributed by atoms with Crippen molar-refractivity contribution in [2.75, 3.05) is 0 Å². The van der Waals surface area contributed by atoms with Crippen LogP contribution in [0.25, 0.3) is 0 Å². The average Bonchev–Trinajstić information content (AvgIpc) is 3.14. The lowest BCUT2D eigenvalue weighted by molar-refractivity contribution is 0.661. The van der Waals surface area contributed by atoms with Crippen LogP contribution in [0.3, 0.4) is 0 Å². The maximum Gasteiger partial charge on any atom is 0.191 e. The number of halogens is 1. The molecule has 0 saturated carbocycles. The van der Waals surface area contributed by atoms with Crippen molar-refractivity contribution >= 4 is 34.7 Å². The largest absolute Gasteiger partial charge is 0.307 e. The zero-order valence-corrected chi connectivity index (χ0v) is 15.4. The van der Waals surface area contributed by atoms with Crippen molar-refractivity contribution in [3.8, 4) is 0 Å². The van der Waals surface area contributed by atoms with Gasteiger partial charge in [-0.05, 0) is 31.5 Å². The summed E-state index contributed by atoms with van der Waals surface area (Å²) in [6.45, 7) is 4.97. The number of aromatic nitrogens is 4. The highest BCUT2D eigenvalue weighted by molar-refractivity contribution is 7.98. The maximum absolute atomic E-state index is 5.92. The number of nitrogens with zero attached hydrogens (tertiary/aromatic N) is 4. The van der Waals surface area contributed by atoms with Crippen LogP contribution in [0.4, 0.5) is 0 Å². The van der Waals surface area contributed by atoms with Crippen molar-refractivity contribution in [2.45, 2.75) is 37.7 Å². The van der Waals surface area contributed by atoms with Gasteiger partial charge < -0.3 is 4.57 Å². The molecule has 2 heterocycles. The van der Waals surface area contributed by atoms with Crippen LogP contribution in [0.1, 0.15) is 29.0 Å². The van der Waals surface area contributed by atoms with Gasteiger partial charge in [-0.2, -0.15) is 0 Å². The number of hydrogen-bond acceptors (Lipinski definition) is 5. The highest BCUT2D eigenvalue weighted by Gasteiger charge is 2.10. The van der Waals surface area contributed by atoms with E-state index in [0.29, 0.717) is 0 Å². The number of thioether (sulfide) groups is 1. The van der Waals surface area contributed by atoms with Crippen LogP contribution < -0.4 is 0 Å². The van der Waals surface area contributed by atoms with E-state index in [0.717, 1.165) is 45.4 Å². The number of hydrogen-bond donors (Lipinski definition) is 0. The van der Waals surface area contributed by atoms with Gasteiger partial charge in [0.2, 0.25) is 0 Å². The SMILES string of the molecule is CCn1c(C)nnc1SCc1csc(Cc2ccc(Cl)cc2)n1. The fraction of sp³-hybridized carbons (Fsp3) is 0.312. The number of aryl methyl sites for hydroxylation is 1. The highest BCUT2D eigenvalue weighted by Crippen LogP contribution is 2.24. The molecule has 1 aromatic carbocycles. The first kappa shape index (κ1) is 16.5. The van der Waals surface area contributed by atoms with Gasteiger partial charge in [0.15, 0.2) is 5.16 Å². The summed E-state index contributed by atoms with van der Waals surface area (Å²) in [5.41, 5.74) is 2.32. The lowest BCUT2D eigenvalue weighted by Crippen LogP contribution is -1.99. The molecule has 0 bridgehead atoms. The smallest absolute Gasteiger partial charge is 0.191 e. The Kier molecular flexibility index (Phi) is 5.35. The van der Waals surface area contributed by atoms with Crippen molar-refractivity contribution in [3.05, 3.63) is 56.8 Å². The predicted molar refractivity (Wildman–Crippen MR) is 96.4 cm³/mol. The molecule has 0 unspecified atom stereocenters. The Morgan fingerprint density at radius 1 is 1.22 bits per heavy atom. The molecule has 0 N–H and O–H groups in total. The molecule has 3 aromatic rings. The molecule has 0 radical (unpaired) electrons. The van der Waals surface area contributed by atoms with Gasteiger partial charge in [0.05, 0.1) is 10.7 Å². The van der Waals surface area contributed by atoms with E-state index in [9.17, 15) is 0 Å². The summed E-state index contributed by atoms with van der Waals surface area (Å²) in [5.74, 6) is 1.77. The summed E-state index contributed by atoms with van der Waals surface area (Å²) in [6.07, 6.45) is 0.844. The van der Waals surface area contributed by atoms with Gasteiger partial charge in [-0.15, -0.1) is 21.5 Å². The zero-order chi connectivity index (χ0) is 16.2. The first-order valence-electron chi connectivity index (χ1n) is 7.36. The molecule has 0 aliphatic rings. The Balaban J connectivity index is 1.62. The molecule has 7 heteroatoms. The standard InChI is InChI=1S/C16H17ClN4S2/c1-3-21-11(2)19-20-16(21)23-10-14-9-22-15(18-14)8-12-4-6-13(17)7-5-12/h4-7,9H,3,8,10H2,1-2H3. The Labute approximate surface area is 148 Å². The Morgan fingerprint density at radius 2 is 2.00 bits per heavy atom. The second-order valence-electron chi connectivity index (χ2n) is 5.10. The fourth-order valence-electron chi connectivity index (χ4n) is 2.24. The topological polar surface area (TPSA) is 43.6 Å². The Hall–Kier alpha value is -1.37. The average molecular weight is 365 g/mol. The molecule has 2 aromatic heterocycles. The fourth-order valence-corrected chi connectivity index (χ4v) is 4.24. The molecule has 0 atom stereocenters. The summed E-state index contributed by atoms with van der Waals surface area (Å²) < 4.78 is 2.12. The molecule has 0 spiro atoms. The molecular weight excluding hydrogens is 348 g/mol. The van der Waals surface area contributed by atoms with Gasteiger partial charge in [0.1, 0.15) is 5.82 Å². The van der Waals surface area contributed by atoms with E-state index in [-0.39, 0.29) is 0 Å². The minimum atomic E-state index is 0.764. The van der Waals surface area contributed by atoms with Crippen LogP contribution >= 0.6 is 34.7 Å². The van der Waals surface area contributed by atoms with Crippen molar-refractivity contribution in [1.82, 2.24) is 19.7 Å². The van der Waals surface area contributed by atoms with E-state index in [4.69, 9.17) is 16.6 Å². The highest BCUT2D eigenvalue weighted by atomic mass is 35.5. The van der Waals surface area contributed by atoms with Gasteiger partial charge in [-0.1, -0.05) is 35.5 Å². The molecular formula is C16H17ClN4S2. The van der Waals surface area contributed by atoms with Crippen molar-refractivity contribution in [3.63, 3.8) is 0 Å². The van der Waals surface area contributed by atoms with Gasteiger partial charge in [0.25, 0.3) is 0 Å². The minimum Gasteiger partial charge on any atom is -0.307 e. The summed E-state index contributed by atoms with van der Waals surface area (Å²) in [5, 5.41) is 13.3. The van der Waals surface area contributed by atoms with Gasteiger partial charge >= 0.3 is 0 Å². The van der Waals surface area contributed by atoms with Gasteiger partial charge in [-0.3, -0.25) is 0 Å². The van der Waals surface area contributed by atoms with E-state index < -0.39 is 0 Å². The first-order valence-corrected chi connectivity index (χ1v) is 9.60. The lowest BCUT2D eigenvalue weighted by Gasteiger charge is -2.03. The summed E-state index contributed by atoms with van der Waals surface area (Å²) >= 11 is 9.30. The van der Waals surface area contributed by atoms with Crippen LogP contribution in [-0.4, -0.2) is 19.7 Å². The third-order valence-corrected chi connectivity index (χ3v) is 5.59. The predicted octanol–water partition coefficient (Wildman–Crippen LogP) is 4.60. The minimum absolute atomic E-state index is 0.764. The number of benzene rings is 1. The quantitative estimate of drug-likeness (QED) is 0.599. The molecule has 0 fully saturated rings. The first-order chi connectivity index (χ1) is 11.2. The molecule has 0 aliphatic heterocycles. The summed E-state index contributed by atoms with van der Waals surface area (Å²) in [7, 11) is 0. The van der Waals surface area contributed by atoms with E-state index in [1.54, 1.807) is 23.1 Å². The van der Waals surface area contributed by atoms with Gasteiger partial charge in [0, 0.05) is 29.1 Å². The van der Waals surface area contributed by atoms with Crippen molar-refractivity contribution in [1.29, 1.82) is 0 Å². The molecule has 0 saturated heterocycles. The third kappa shape index (κ3) is 4.13. The van der Waals surface area contributed by atoms with Gasteiger partial charge in [-0.25, -0.2) is 4.98 Å². The van der Waals surface area contributed by atoms with Crippen LogP contribution in [0.5, 0.6) is 0 Å². The third-order valence-electron chi connectivity index (χ3n) is 3.44. The molecule has 0 aliphatic carbocycles. The van der Waals surface area contributed by atoms with E-state index in [1.165, 1.54) is 5.56 Å².